The number of ether oxygens (including phenoxy) is 1. The summed E-state index contributed by atoms with van der Waals surface area (Å²) in [5.41, 5.74) is 0.892. The van der Waals surface area contributed by atoms with E-state index in [9.17, 15) is 0 Å². The summed E-state index contributed by atoms with van der Waals surface area (Å²) in [7, 11) is 1.66. The van der Waals surface area contributed by atoms with Crippen molar-refractivity contribution in [2.45, 2.75) is 12.5 Å². The highest BCUT2D eigenvalue weighted by molar-refractivity contribution is 5.53. The van der Waals surface area contributed by atoms with Crippen molar-refractivity contribution >= 4 is 6.08 Å². The molecule has 1 aromatic rings. The molecule has 0 bridgehead atoms. The lowest BCUT2D eigenvalue weighted by atomic mass is 10.1. The fourth-order valence-electron chi connectivity index (χ4n) is 1.38. The van der Waals surface area contributed by atoms with Gasteiger partial charge in [0.05, 0.1) is 7.11 Å². The highest BCUT2D eigenvalue weighted by atomic mass is 16.5. The zero-order valence-electron chi connectivity index (χ0n) is 8.23. The zero-order valence-corrected chi connectivity index (χ0v) is 8.23. The van der Waals surface area contributed by atoms with Crippen LogP contribution in [0.5, 0.6) is 5.75 Å². The Balaban J connectivity index is 2.10. The Labute approximate surface area is 83.8 Å². The van der Waals surface area contributed by atoms with E-state index in [4.69, 9.17) is 4.74 Å². The maximum atomic E-state index is 5.20. The third kappa shape index (κ3) is 1.93. The zero-order chi connectivity index (χ0) is 9.80. The van der Waals surface area contributed by atoms with E-state index in [1.54, 1.807) is 13.3 Å². The van der Waals surface area contributed by atoms with Crippen molar-refractivity contribution < 1.29 is 4.74 Å². The molecule has 0 amide bonds. The molecule has 0 radical (unpaired) electrons. The molecule has 1 aromatic heterocycles. The summed E-state index contributed by atoms with van der Waals surface area (Å²) in [6.07, 6.45) is 7.13. The van der Waals surface area contributed by atoms with Crippen molar-refractivity contribution in [2.24, 2.45) is 0 Å². The Morgan fingerprint density at radius 3 is 3.14 bits per heavy atom. The van der Waals surface area contributed by atoms with Gasteiger partial charge in [0.15, 0.2) is 0 Å². The molecule has 1 atom stereocenters. The van der Waals surface area contributed by atoms with Crippen LogP contribution in [0.15, 0.2) is 24.4 Å². The number of nitrogens with zero attached hydrogens (tertiary/aromatic N) is 1. The van der Waals surface area contributed by atoms with E-state index in [1.807, 2.05) is 18.2 Å². The Kier molecular flexibility index (Phi) is 2.79. The first kappa shape index (κ1) is 9.21. The van der Waals surface area contributed by atoms with Gasteiger partial charge >= 0.3 is 0 Å². The van der Waals surface area contributed by atoms with E-state index in [1.165, 1.54) is 6.42 Å². The highest BCUT2D eigenvalue weighted by Crippen LogP contribution is 2.16. The first-order chi connectivity index (χ1) is 6.90. The van der Waals surface area contributed by atoms with Gasteiger partial charge in [-0.15, -0.1) is 0 Å². The molecule has 1 aliphatic heterocycles. The van der Waals surface area contributed by atoms with Crippen LogP contribution in [0.3, 0.4) is 0 Å². The quantitative estimate of drug-likeness (QED) is 0.783. The lowest BCUT2D eigenvalue weighted by Crippen LogP contribution is -2.40. The minimum atomic E-state index is 0.515. The van der Waals surface area contributed by atoms with Gasteiger partial charge in [0.1, 0.15) is 11.4 Å². The molecule has 0 aliphatic carbocycles. The largest absolute Gasteiger partial charge is 0.494 e. The molecule has 1 saturated heterocycles. The number of hydrogen-bond acceptors (Lipinski definition) is 3. The van der Waals surface area contributed by atoms with Gasteiger partial charge in [-0.25, -0.2) is 0 Å². The molecule has 0 aromatic carbocycles. The van der Waals surface area contributed by atoms with E-state index in [2.05, 4.69) is 16.4 Å². The van der Waals surface area contributed by atoms with Crippen LogP contribution in [-0.2, 0) is 0 Å². The van der Waals surface area contributed by atoms with Crippen molar-refractivity contribution in [3.8, 4) is 5.75 Å². The van der Waals surface area contributed by atoms with Crippen molar-refractivity contribution in [2.75, 3.05) is 13.7 Å². The Bertz CT molecular complexity index is 332. The van der Waals surface area contributed by atoms with Gasteiger partial charge in [-0.3, -0.25) is 4.98 Å². The average Bonchev–Trinajstić information content (AvgIpc) is 2.16. The topological polar surface area (TPSA) is 34.1 Å². The maximum Gasteiger partial charge on any atom is 0.144 e. The van der Waals surface area contributed by atoms with E-state index in [0.29, 0.717) is 6.04 Å². The summed E-state index contributed by atoms with van der Waals surface area (Å²) in [4.78, 5) is 4.24. The summed E-state index contributed by atoms with van der Waals surface area (Å²) in [5, 5.41) is 3.30. The van der Waals surface area contributed by atoms with Gasteiger partial charge in [-0.1, -0.05) is 6.08 Å². The van der Waals surface area contributed by atoms with Gasteiger partial charge in [0.25, 0.3) is 0 Å². The molecule has 2 rings (SSSR count). The molecule has 0 saturated carbocycles. The molecular formula is C11H14N2O. The molecule has 1 unspecified atom stereocenters. The van der Waals surface area contributed by atoms with Crippen LogP contribution in [0, 0.1) is 0 Å². The second-order valence-electron chi connectivity index (χ2n) is 3.30. The first-order valence-electron chi connectivity index (χ1n) is 4.81. The number of hydrogen-bond donors (Lipinski definition) is 1. The van der Waals surface area contributed by atoms with Crippen LogP contribution >= 0.6 is 0 Å². The van der Waals surface area contributed by atoms with Gasteiger partial charge in [-0.2, -0.15) is 0 Å². The predicted octanol–water partition coefficient (Wildman–Crippen LogP) is 1.47. The van der Waals surface area contributed by atoms with E-state index in [0.717, 1.165) is 18.0 Å². The Hall–Kier alpha value is -1.35. The average molecular weight is 190 g/mol. The molecule has 14 heavy (non-hydrogen) atoms. The second kappa shape index (κ2) is 4.24. The van der Waals surface area contributed by atoms with Crippen molar-refractivity contribution in [1.82, 2.24) is 10.3 Å². The second-order valence-corrected chi connectivity index (χ2v) is 3.30. The van der Waals surface area contributed by atoms with Crippen molar-refractivity contribution in [3.05, 3.63) is 30.1 Å². The Morgan fingerprint density at radius 1 is 1.64 bits per heavy atom. The first-order valence-corrected chi connectivity index (χ1v) is 4.81. The van der Waals surface area contributed by atoms with E-state index in [-0.39, 0.29) is 0 Å². The predicted molar refractivity (Wildman–Crippen MR) is 56.2 cm³/mol. The minimum Gasteiger partial charge on any atom is -0.494 e. The van der Waals surface area contributed by atoms with Gasteiger partial charge in [0.2, 0.25) is 0 Å². The molecule has 1 fully saturated rings. The molecule has 3 heteroatoms. The smallest absolute Gasteiger partial charge is 0.144 e. The molecule has 74 valence electrons. The van der Waals surface area contributed by atoms with E-state index < -0.39 is 0 Å². The van der Waals surface area contributed by atoms with Gasteiger partial charge in [0, 0.05) is 12.2 Å². The third-order valence-corrected chi connectivity index (χ3v) is 2.37. The normalized spacial score (nSPS) is 20.8. The van der Waals surface area contributed by atoms with E-state index >= 15 is 0 Å². The number of nitrogens with one attached hydrogen (secondary N) is 1. The number of rotatable bonds is 3. The van der Waals surface area contributed by atoms with Crippen LogP contribution in [0.2, 0.25) is 0 Å². The fourth-order valence-corrected chi connectivity index (χ4v) is 1.38. The number of aromatic nitrogens is 1. The van der Waals surface area contributed by atoms with Crippen LogP contribution < -0.4 is 10.1 Å². The lowest BCUT2D eigenvalue weighted by molar-refractivity contribution is 0.411. The maximum absolute atomic E-state index is 5.20. The summed E-state index contributed by atoms with van der Waals surface area (Å²) < 4.78 is 5.20. The fraction of sp³-hybridized carbons (Fsp3) is 0.364. The summed E-state index contributed by atoms with van der Waals surface area (Å²) in [5.74, 6) is 0.822. The van der Waals surface area contributed by atoms with Crippen molar-refractivity contribution in [3.63, 3.8) is 0 Å². The minimum absolute atomic E-state index is 0.515. The lowest BCUT2D eigenvalue weighted by Gasteiger charge is -2.24. The molecule has 1 aliphatic rings. The molecule has 3 nitrogen and oxygen atoms in total. The summed E-state index contributed by atoms with van der Waals surface area (Å²) in [6.45, 7) is 1.12. The highest BCUT2D eigenvalue weighted by Gasteiger charge is 2.12. The standard InChI is InChI=1S/C11H14N2O/c1-14-11-3-2-7-13-10(11)5-4-9-6-8-12-9/h2-5,7,9,12H,6,8H2,1H3/b5-4+. The van der Waals surface area contributed by atoms with Crippen LogP contribution in [0.25, 0.3) is 6.08 Å². The number of methoxy groups -OCH3 is 1. The summed E-state index contributed by atoms with van der Waals surface area (Å²) in [6, 6.07) is 4.31. The Morgan fingerprint density at radius 2 is 2.50 bits per heavy atom. The number of pyridine rings is 1. The van der Waals surface area contributed by atoms with Crippen LogP contribution in [0.4, 0.5) is 0 Å². The van der Waals surface area contributed by atoms with Gasteiger partial charge < -0.3 is 10.1 Å². The van der Waals surface area contributed by atoms with Gasteiger partial charge in [-0.05, 0) is 31.2 Å². The molecule has 2 heterocycles. The van der Waals surface area contributed by atoms with Crippen LogP contribution in [-0.4, -0.2) is 24.7 Å². The SMILES string of the molecule is COc1cccnc1/C=C/C1CCN1. The summed E-state index contributed by atoms with van der Waals surface area (Å²) >= 11 is 0. The third-order valence-electron chi connectivity index (χ3n) is 2.37. The molecule has 1 N–H and O–H groups in total. The molecule has 0 spiro atoms. The monoisotopic (exact) mass is 190 g/mol. The molecular weight excluding hydrogens is 176 g/mol. The van der Waals surface area contributed by atoms with Crippen molar-refractivity contribution in [1.29, 1.82) is 0 Å². The van der Waals surface area contributed by atoms with Crippen LogP contribution in [0.1, 0.15) is 12.1 Å².